The molecule has 0 saturated heterocycles. The first kappa shape index (κ1) is 12.1. The lowest BCUT2D eigenvalue weighted by atomic mass is 10.1. The van der Waals surface area contributed by atoms with E-state index in [9.17, 15) is 0 Å². The van der Waals surface area contributed by atoms with E-state index in [-0.39, 0.29) is 0 Å². The van der Waals surface area contributed by atoms with Gasteiger partial charge in [0, 0.05) is 9.85 Å². The Morgan fingerprint density at radius 2 is 2.14 bits per heavy atom. The largest absolute Gasteiger partial charge is 0.123 e. The summed E-state index contributed by atoms with van der Waals surface area (Å²) in [5.41, 5.74) is 1.36. The zero-order valence-corrected chi connectivity index (χ0v) is 10.8. The average molecular weight is 276 g/mol. The molecule has 0 aromatic heterocycles. The third kappa shape index (κ3) is 4.47. The predicted molar refractivity (Wildman–Crippen MR) is 67.0 cm³/mol. The molecule has 78 valence electrons. The van der Waals surface area contributed by atoms with Crippen molar-refractivity contribution in [2.45, 2.75) is 38.0 Å². The lowest BCUT2D eigenvalue weighted by Gasteiger charge is -2.07. The molecule has 0 bridgehead atoms. The second-order valence-electron chi connectivity index (χ2n) is 3.55. The maximum atomic E-state index is 6.16. The Morgan fingerprint density at radius 3 is 2.79 bits per heavy atom. The second-order valence-corrected chi connectivity index (χ2v) is 5.09. The lowest BCUT2D eigenvalue weighted by molar-refractivity contribution is 0.675. The highest BCUT2D eigenvalue weighted by molar-refractivity contribution is 9.10. The number of benzene rings is 1. The molecule has 0 aliphatic carbocycles. The van der Waals surface area contributed by atoms with E-state index in [0.717, 1.165) is 23.7 Å². The number of aryl methyl sites for hydroxylation is 1. The van der Waals surface area contributed by atoms with Gasteiger partial charge in [-0.3, -0.25) is 0 Å². The van der Waals surface area contributed by atoms with Gasteiger partial charge >= 0.3 is 0 Å². The molecule has 1 aromatic carbocycles. The second kappa shape index (κ2) is 6.47. The number of alkyl halides is 1. The summed E-state index contributed by atoms with van der Waals surface area (Å²) in [5, 5.41) is 0.332. The molecule has 0 fully saturated rings. The summed E-state index contributed by atoms with van der Waals surface area (Å²) in [7, 11) is 0. The Bertz CT molecular complexity index is 273. The van der Waals surface area contributed by atoms with E-state index in [1.165, 1.54) is 12.0 Å². The third-order valence-electron chi connectivity index (χ3n) is 2.24. The fourth-order valence-electron chi connectivity index (χ4n) is 1.47. The molecule has 1 unspecified atom stereocenters. The summed E-state index contributed by atoms with van der Waals surface area (Å²) in [6.07, 6.45) is 4.45. The van der Waals surface area contributed by atoms with Crippen LogP contribution in [-0.2, 0) is 6.42 Å². The summed E-state index contributed by atoms with van der Waals surface area (Å²) < 4.78 is 1.15. The molecule has 0 radical (unpaired) electrons. The van der Waals surface area contributed by atoms with Crippen molar-refractivity contribution in [2.24, 2.45) is 0 Å². The first-order valence-electron chi connectivity index (χ1n) is 5.11. The maximum Gasteiger partial charge on any atom is 0.0339 e. The molecular weight excluding hydrogens is 259 g/mol. The Kier molecular flexibility index (Phi) is 5.57. The van der Waals surface area contributed by atoms with E-state index in [0.29, 0.717) is 5.38 Å². The summed E-state index contributed by atoms with van der Waals surface area (Å²) in [4.78, 5) is 0. The van der Waals surface area contributed by atoms with Gasteiger partial charge in [0.15, 0.2) is 0 Å². The smallest absolute Gasteiger partial charge is 0.0339 e. The number of rotatable bonds is 5. The number of hydrogen-bond acceptors (Lipinski definition) is 0. The molecule has 0 nitrogen and oxygen atoms in total. The highest BCUT2D eigenvalue weighted by Crippen LogP contribution is 2.16. The van der Waals surface area contributed by atoms with Crippen LogP contribution < -0.4 is 0 Å². The van der Waals surface area contributed by atoms with Crippen molar-refractivity contribution in [3.8, 4) is 0 Å². The van der Waals surface area contributed by atoms with Crippen LogP contribution in [0.2, 0.25) is 0 Å². The van der Waals surface area contributed by atoms with Crippen molar-refractivity contribution >= 4 is 27.5 Å². The van der Waals surface area contributed by atoms with Crippen LogP contribution in [0.25, 0.3) is 0 Å². The van der Waals surface area contributed by atoms with Crippen molar-refractivity contribution in [1.82, 2.24) is 0 Å². The van der Waals surface area contributed by atoms with E-state index in [4.69, 9.17) is 11.6 Å². The van der Waals surface area contributed by atoms with Crippen molar-refractivity contribution in [2.75, 3.05) is 0 Å². The number of hydrogen-bond donors (Lipinski definition) is 0. The van der Waals surface area contributed by atoms with Crippen LogP contribution in [0.4, 0.5) is 0 Å². The topological polar surface area (TPSA) is 0 Å². The molecule has 0 aliphatic heterocycles. The van der Waals surface area contributed by atoms with Crippen LogP contribution in [0, 0.1) is 0 Å². The van der Waals surface area contributed by atoms with Crippen LogP contribution in [-0.4, -0.2) is 5.38 Å². The van der Waals surface area contributed by atoms with Gasteiger partial charge in [-0.25, -0.2) is 0 Å². The van der Waals surface area contributed by atoms with E-state index in [1.807, 2.05) is 6.07 Å². The first-order chi connectivity index (χ1) is 6.72. The molecule has 0 amide bonds. The van der Waals surface area contributed by atoms with Gasteiger partial charge in [0.2, 0.25) is 0 Å². The normalized spacial score (nSPS) is 12.8. The summed E-state index contributed by atoms with van der Waals surface area (Å²) >= 11 is 9.63. The van der Waals surface area contributed by atoms with Gasteiger partial charge < -0.3 is 0 Å². The van der Waals surface area contributed by atoms with Gasteiger partial charge in [-0.1, -0.05) is 41.4 Å². The van der Waals surface area contributed by atoms with Crippen molar-refractivity contribution < 1.29 is 0 Å². The third-order valence-corrected chi connectivity index (χ3v) is 3.17. The van der Waals surface area contributed by atoms with Gasteiger partial charge in [0.05, 0.1) is 0 Å². The molecule has 0 spiro atoms. The van der Waals surface area contributed by atoms with Crippen LogP contribution in [0.1, 0.15) is 31.7 Å². The minimum absolute atomic E-state index is 0.332. The molecule has 0 N–H and O–H groups in total. The standard InChI is InChI=1S/C12H16BrCl/c1-2-4-12(14)8-7-10-5-3-6-11(13)9-10/h3,5-6,9,12H,2,4,7-8H2,1H3. The van der Waals surface area contributed by atoms with Crippen molar-refractivity contribution in [1.29, 1.82) is 0 Å². The monoisotopic (exact) mass is 274 g/mol. The summed E-state index contributed by atoms with van der Waals surface area (Å²) in [5.74, 6) is 0. The number of halogens is 2. The van der Waals surface area contributed by atoms with Gasteiger partial charge in [0.1, 0.15) is 0 Å². The van der Waals surface area contributed by atoms with Crippen LogP contribution >= 0.6 is 27.5 Å². The quantitative estimate of drug-likeness (QED) is 0.678. The molecule has 14 heavy (non-hydrogen) atoms. The van der Waals surface area contributed by atoms with E-state index < -0.39 is 0 Å². The van der Waals surface area contributed by atoms with Gasteiger partial charge in [-0.05, 0) is 37.0 Å². The Balaban J connectivity index is 2.37. The van der Waals surface area contributed by atoms with Gasteiger partial charge in [-0.15, -0.1) is 11.6 Å². The van der Waals surface area contributed by atoms with Crippen LogP contribution in [0.5, 0.6) is 0 Å². The average Bonchev–Trinajstić information content (AvgIpc) is 2.15. The molecule has 0 saturated carbocycles. The Labute approximate surface area is 99.8 Å². The van der Waals surface area contributed by atoms with E-state index in [2.05, 4.69) is 41.1 Å². The molecule has 0 heterocycles. The zero-order chi connectivity index (χ0) is 10.4. The molecule has 0 aliphatic rings. The van der Waals surface area contributed by atoms with Crippen LogP contribution in [0.15, 0.2) is 28.7 Å². The predicted octanol–water partition coefficient (Wildman–Crippen LogP) is 4.79. The van der Waals surface area contributed by atoms with E-state index in [1.54, 1.807) is 0 Å². The minimum atomic E-state index is 0.332. The highest BCUT2D eigenvalue weighted by Gasteiger charge is 2.03. The fraction of sp³-hybridized carbons (Fsp3) is 0.500. The van der Waals surface area contributed by atoms with Crippen molar-refractivity contribution in [3.05, 3.63) is 34.3 Å². The molecule has 1 atom stereocenters. The van der Waals surface area contributed by atoms with E-state index >= 15 is 0 Å². The minimum Gasteiger partial charge on any atom is -0.123 e. The van der Waals surface area contributed by atoms with Crippen molar-refractivity contribution in [3.63, 3.8) is 0 Å². The molecular formula is C12H16BrCl. The molecule has 2 heteroatoms. The zero-order valence-electron chi connectivity index (χ0n) is 8.47. The summed E-state index contributed by atoms with van der Waals surface area (Å²) in [6.45, 7) is 2.18. The Hall–Kier alpha value is -0.0100. The highest BCUT2D eigenvalue weighted by atomic mass is 79.9. The fourth-order valence-corrected chi connectivity index (χ4v) is 2.25. The van der Waals surface area contributed by atoms with Gasteiger partial charge in [0.25, 0.3) is 0 Å². The van der Waals surface area contributed by atoms with Gasteiger partial charge in [-0.2, -0.15) is 0 Å². The first-order valence-corrected chi connectivity index (χ1v) is 6.34. The van der Waals surface area contributed by atoms with Crippen LogP contribution in [0.3, 0.4) is 0 Å². The SMILES string of the molecule is CCCC(Cl)CCc1cccc(Br)c1. The Morgan fingerprint density at radius 1 is 1.36 bits per heavy atom. The maximum absolute atomic E-state index is 6.16. The summed E-state index contributed by atoms with van der Waals surface area (Å²) in [6, 6.07) is 8.44. The lowest BCUT2D eigenvalue weighted by Crippen LogP contribution is -1.99. The molecule has 1 aromatic rings. The molecule has 1 rings (SSSR count).